The summed E-state index contributed by atoms with van der Waals surface area (Å²) in [7, 11) is -3.44. The number of pyridine rings is 1. The van der Waals surface area contributed by atoms with Crippen molar-refractivity contribution in [3.63, 3.8) is 0 Å². The lowest BCUT2D eigenvalue weighted by Gasteiger charge is -2.20. The van der Waals surface area contributed by atoms with Gasteiger partial charge in [-0.3, -0.25) is 4.72 Å². The van der Waals surface area contributed by atoms with E-state index in [1.54, 1.807) is 12.1 Å². The van der Waals surface area contributed by atoms with Gasteiger partial charge in [-0.1, -0.05) is 12.8 Å². The van der Waals surface area contributed by atoms with E-state index in [-0.39, 0.29) is 0 Å². The van der Waals surface area contributed by atoms with E-state index in [9.17, 15) is 8.42 Å². The highest BCUT2D eigenvalue weighted by Crippen LogP contribution is 2.17. The molecule has 0 spiro atoms. The lowest BCUT2D eigenvalue weighted by molar-refractivity contribution is 0.427. The second-order valence-electron chi connectivity index (χ2n) is 4.29. The number of halogens is 1. The minimum absolute atomic E-state index is 0.488. The van der Waals surface area contributed by atoms with Crippen molar-refractivity contribution >= 4 is 31.8 Å². The van der Waals surface area contributed by atoms with Gasteiger partial charge in [0.2, 0.25) is 0 Å². The fourth-order valence-electron chi connectivity index (χ4n) is 1.93. The summed E-state index contributed by atoms with van der Waals surface area (Å²) in [5.41, 5.74) is 0.488. The summed E-state index contributed by atoms with van der Waals surface area (Å²) >= 11 is 3.21. The summed E-state index contributed by atoms with van der Waals surface area (Å²) in [6, 6.07) is 3.40. The van der Waals surface area contributed by atoms with Crippen molar-refractivity contribution in [3.05, 3.63) is 22.9 Å². The van der Waals surface area contributed by atoms with E-state index in [0.717, 1.165) is 25.7 Å². The standard InChI is InChI=1S/C11H16BrN3O2S/c12-11-6-5-10(9-13-11)14-18(16,17)15-7-3-1-2-4-8-15/h5-6,9,14H,1-4,7-8H2. The summed E-state index contributed by atoms with van der Waals surface area (Å²) in [6.07, 6.45) is 5.57. The number of hydrogen-bond acceptors (Lipinski definition) is 3. The highest BCUT2D eigenvalue weighted by Gasteiger charge is 2.22. The maximum absolute atomic E-state index is 12.2. The molecule has 0 aliphatic carbocycles. The molecule has 0 atom stereocenters. The quantitative estimate of drug-likeness (QED) is 0.864. The molecule has 18 heavy (non-hydrogen) atoms. The third-order valence-corrected chi connectivity index (χ3v) is 4.89. The fourth-order valence-corrected chi connectivity index (χ4v) is 3.45. The van der Waals surface area contributed by atoms with Gasteiger partial charge in [0, 0.05) is 13.1 Å². The van der Waals surface area contributed by atoms with Crippen LogP contribution in [0.5, 0.6) is 0 Å². The highest BCUT2D eigenvalue weighted by molar-refractivity contribution is 9.10. The van der Waals surface area contributed by atoms with Crippen molar-refractivity contribution in [2.75, 3.05) is 17.8 Å². The number of nitrogens with one attached hydrogen (secondary N) is 1. The van der Waals surface area contributed by atoms with Crippen molar-refractivity contribution in [2.24, 2.45) is 0 Å². The van der Waals surface area contributed by atoms with Gasteiger partial charge in [0.05, 0.1) is 11.9 Å². The molecule has 0 saturated carbocycles. The van der Waals surface area contributed by atoms with Gasteiger partial charge in [0.25, 0.3) is 0 Å². The monoisotopic (exact) mass is 333 g/mol. The topological polar surface area (TPSA) is 62.3 Å². The van der Waals surface area contributed by atoms with Crippen LogP contribution in [0, 0.1) is 0 Å². The molecular formula is C11H16BrN3O2S. The van der Waals surface area contributed by atoms with E-state index < -0.39 is 10.2 Å². The summed E-state index contributed by atoms with van der Waals surface area (Å²) < 4.78 is 29.1. The molecule has 1 aliphatic rings. The Morgan fingerprint density at radius 2 is 1.83 bits per heavy atom. The van der Waals surface area contributed by atoms with Crippen LogP contribution in [0.2, 0.25) is 0 Å². The van der Waals surface area contributed by atoms with E-state index in [0.29, 0.717) is 23.4 Å². The Labute approximate surface area is 116 Å². The van der Waals surface area contributed by atoms with Gasteiger partial charge < -0.3 is 0 Å². The molecule has 0 unspecified atom stereocenters. The Balaban J connectivity index is 2.08. The first-order chi connectivity index (χ1) is 8.58. The second-order valence-corrected chi connectivity index (χ2v) is 6.77. The van der Waals surface area contributed by atoms with Gasteiger partial charge in [0.15, 0.2) is 0 Å². The molecule has 0 bridgehead atoms. The van der Waals surface area contributed by atoms with Gasteiger partial charge in [-0.15, -0.1) is 0 Å². The van der Waals surface area contributed by atoms with Gasteiger partial charge >= 0.3 is 10.2 Å². The average Bonchev–Trinajstić information content (AvgIpc) is 2.61. The lowest BCUT2D eigenvalue weighted by Crippen LogP contribution is -2.36. The first-order valence-electron chi connectivity index (χ1n) is 5.97. The van der Waals surface area contributed by atoms with Crippen LogP contribution in [-0.4, -0.2) is 30.8 Å². The molecule has 7 heteroatoms. The maximum atomic E-state index is 12.2. The summed E-state index contributed by atoms with van der Waals surface area (Å²) in [4.78, 5) is 4.00. The predicted molar refractivity (Wildman–Crippen MR) is 74.5 cm³/mol. The zero-order valence-corrected chi connectivity index (χ0v) is 12.4. The summed E-state index contributed by atoms with van der Waals surface area (Å²) in [5.74, 6) is 0. The van der Waals surface area contributed by atoms with Crippen LogP contribution in [0.3, 0.4) is 0 Å². The third-order valence-electron chi connectivity index (χ3n) is 2.88. The molecule has 1 aliphatic heterocycles. The van der Waals surface area contributed by atoms with Crippen molar-refractivity contribution < 1.29 is 8.42 Å². The van der Waals surface area contributed by atoms with Crippen molar-refractivity contribution in [3.8, 4) is 0 Å². The smallest absolute Gasteiger partial charge is 0.269 e. The van der Waals surface area contributed by atoms with Crippen LogP contribution in [0.15, 0.2) is 22.9 Å². The molecule has 100 valence electrons. The van der Waals surface area contributed by atoms with Crippen LogP contribution in [0.1, 0.15) is 25.7 Å². The first-order valence-corrected chi connectivity index (χ1v) is 8.21. The van der Waals surface area contributed by atoms with Crippen LogP contribution in [0.4, 0.5) is 5.69 Å². The van der Waals surface area contributed by atoms with E-state index in [1.165, 1.54) is 10.5 Å². The van der Waals surface area contributed by atoms with E-state index >= 15 is 0 Å². The zero-order chi connectivity index (χ0) is 13.0. The molecule has 1 fully saturated rings. The molecule has 0 radical (unpaired) electrons. The molecular weight excluding hydrogens is 318 g/mol. The fraction of sp³-hybridized carbons (Fsp3) is 0.545. The Morgan fingerprint density at radius 1 is 1.17 bits per heavy atom. The first kappa shape index (κ1) is 13.8. The summed E-state index contributed by atoms with van der Waals surface area (Å²) in [6.45, 7) is 1.19. The molecule has 1 N–H and O–H groups in total. The molecule has 0 amide bonds. The maximum Gasteiger partial charge on any atom is 0.301 e. The minimum Gasteiger partial charge on any atom is -0.269 e. The van der Waals surface area contributed by atoms with E-state index in [1.807, 2.05) is 0 Å². The number of nitrogens with zero attached hydrogens (tertiary/aromatic N) is 2. The number of anilines is 1. The van der Waals surface area contributed by atoms with Crippen LogP contribution in [0.25, 0.3) is 0 Å². The molecule has 5 nitrogen and oxygen atoms in total. The average molecular weight is 334 g/mol. The number of rotatable bonds is 3. The number of hydrogen-bond donors (Lipinski definition) is 1. The Kier molecular flexibility index (Phi) is 4.58. The second kappa shape index (κ2) is 5.99. The van der Waals surface area contributed by atoms with Crippen LogP contribution < -0.4 is 4.72 Å². The molecule has 2 heterocycles. The molecule has 1 aromatic rings. The molecule has 0 aromatic carbocycles. The SMILES string of the molecule is O=S(=O)(Nc1ccc(Br)nc1)N1CCCCCC1. The minimum atomic E-state index is -3.44. The van der Waals surface area contributed by atoms with Gasteiger partial charge in [-0.2, -0.15) is 12.7 Å². The van der Waals surface area contributed by atoms with Gasteiger partial charge in [0.1, 0.15) is 4.60 Å². The summed E-state index contributed by atoms with van der Waals surface area (Å²) in [5, 5.41) is 0. The highest BCUT2D eigenvalue weighted by atomic mass is 79.9. The Morgan fingerprint density at radius 3 is 2.39 bits per heavy atom. The molecule has 1 saturated heterocycles. The Bertz CT molecular complexity index is 482. The van der Waals surface area contributed by atoms with Gasteiger partial charge in [-0.25, -0.2) is 4.98 Å². The third kappa shape index (κ3) is 3.66. The van der Waals surface area contributed by atoms with Crippen molar-refractivity contribution in [2.45, 2.75) is 25.7 Å². The normalized spacial score (nSPS) is 18.3. The predicted octanol–water partition coefficient (Wildman–Crippen LogP) is 2.38. The molecule has 2 rings (SSSR count). The van der Waals surface area contributed by atoms with Crippen molar-refractivity contribution in [1.82, 2.24) is 9.29 Å². The van der Waals surface area contributed by atoms with Gasteiger partial charge in [-0.05, 0) is 40.9 Å². The van der Waals surface area contributed by atoms with E-state index in [4.69, 9.17) is 0 Å². The van der Waals surface area contributed by atoms with Crippen LogP contribution >= 0.6 is 15.9 Å². The van der Waals surface area contributed by atoms with Crippen molar-refractivity contribution in [1.29, 1.82) is 0 Å². The number of aromatic nitrogens is 1. The lowest BCUT2D eigenvalue weighted by atomic mass is 10.2. The molecule has 1 aromatic heterocycles. The largest absolute Gasteiger partial charge is 0.301 e. The van der Waals surface area contributed by atoms with E-state index in [2.05, 4.69) is 25.6 Å². The van der Waals surface area contributed by atoms with Crippen LogP contribution in [-0.2, 0) is 10.2 Å². The zero-order valence-electron chi connectivity index (χ0n) is 9.97. The Hall–Kier alpha value is -0.660.